The van der Waals surface area contributed by atoms with Crippen molar-refractivity contribution in [3.05, 3.63) is 50.1 Å². The average molecular weight is 326 g/mol. The Balaban J connectivity index is 2.15. The molecule has 1 aromatic carbocycles. The zero-order valence-electron chi connectivity index (χ0n) is 10.4. The minimum absolute atomic E-state index is 0.0187. The van der Waals surface area contributed by atoms with Crippen molar-refractivity contribution in [2.24, 2.45) is 5.73 Å². The predicted molar refractivity (Wildman–Crippen MR) is 80.4 cm³/mol. The van der Waals surface area contributed by atoms with E-state index in [1.807, 2.05) is 18.2 Å². The number of thiophene rings is 1. The van der Waals surface area contributed by atoms with Crippen LogP contribution in [-0.4, -0.2) is 7.11 Å². The predicted octanol–water partition coefficient (Wildman–Crippen LogP) is 4.07. The van der Waals surface area contributed by atoms with Crippen molar-refractivity contribution in [1.82, 2.24) is 0 Å². The molecule has 0 amide bonds. The van der Waals surface area contributed by atoms with Gasteiger partial charge >= 0.3 is 0 Å². The molecule has 18 heavy (non-hydrogen) atoms. The van der Waals surface area contributed by atoms with Crippen LogP contribution in [0.25, 0.3) is 0 Å². The van der Waals surface area contributed by atoms with Gasteiger partial charge in [-0.1, -0.05) is 12.1 Å². The van der Waals surface area contributed by atoms with Crippen molar-refractivity contribution >= 4 is 27.3 Å². The summed E-state index contributed by atoms with van der Waals surface area (Å²) in [6.07, 6.45) is 0.815. The number of rotatable bonds is 4. The van der Waals surface area contributed by atoms with Gasteiger partial charge in [-0.15, -0.1) is 11.3 Å². The van der Waals surface area contributed by atoms with E-state index < -0.39 is 0 Å². The van der Waals surface area contributed by atoms with Crippen molar-refractivity contribution in [3.63, 3.8) is 0 Å². The summed E-state index contributed by atoms with van der Waals surface area (Å²) < 4.78 is 6.33. The number of nitrogens with two attached hydrogens (primary N) is 1. The van der Waals surface area contributed by atoms with E-state index in [1.165, 1.54) is 15.3 Å². The molecule has 0 aliphatic rings. The largest absolute Gasteiger partial charge is 0.497 e. The highest BCUT2D eigenvalue weighted by molar-refractivity contribution is 9.10. The summed E-state index contributed by atoms with van der Waals surface area (Å²) in [5.41, 5.74) is 7.47. The second-order valence-electron chi connectivity index (χ2n) is 4.23. The van der Waals surface area contributed by atoms with Crippen LogP contribution in [0.1, 0.15) is 21.4 Å². The molecule has 0 saturated carbocycles. The van der Waals surface area contributed by atoms with E-state index in [-0.39, 0.29) is 6.04 Å². The van der Waals surface area contributed by atoms with E-state index in [0.717, 1.165) is 16.6 Å². The minimum Gasteiger partial charge on any atom is -0.497 e. The molecule has 96 valence electrons. The van der Waals surface area contributed by atoms with Gasteiger partial charge in [0.2, 0.25) is 0 Å². The first-order valence-corrected chi connectivity index (χ1v) is 7.35. The summed E-state index contributed by atoms with van der Waals surface area (Å²) in [6.45, 7) is 2.09. The highest BCUT2D eigenvalue weighted by atomic mass is 79.9. The fourth-order valence-corrected chi connectivity index (χ4v) is 3.85. The summed E-state index contributed by atoms with van der Waals surface area (Å²) in [7, 11) is 1.68. The monoisotopic (exact) mass is 325 g/mol. The normalized spacial score (nSPS) is 12.4. The number of aryl methyl sites for hydroxylation is 1. The smallest absolute Gasteiger partial charge is 0.119 e. The van der Waals surface area contributed by atoms with Crippen LogP contribution >= 0.6 is 27.3 Å². The molecule has 4 heteroatoms. The van der Waals surface area contributed by atoms with Gasteiger partial charge in [0.1, 0.15) is 5.75 Å². The van der Waals surface area contributed by atoms with Crippen molar-refractivity contribution in [2.45, 2.75) is 19.4 Å². The maximum atomic E-state index is 6.27. The third-order valence-corrected chi connectivity index (χ3v) is 4.86. The lowest BCUT2D eigenvalue weighted by molar-refractivity contribution is 0.414. The molecule has 0 saturated heterocycles. The maximum absolute atomic E-state index is 6.27. The second-order valence-corrected chi connectivity index (χ2v) is 6.37. The Morgan fingerprint density at radius 2 is 2.17 bits per heavy atom. The Kier molecular flexibility index (Phi) is 4.43. The first-order chi connectivity index (χ1) is 8.60. The van der Waals surface area contributed by atoms with Crippen molar-refractivity contribution in [2.75, 3.05) is 7.11 Å². The number of methoxy groups -OCH3 is 1. The standard InChI is InChI=1S/C14H16BrNOS/c1-9-6-12(15)14(18-9)13(16)8-10-4-3-5-11(7-10)17-2/h3-7,13H,8,16H2,1-2H3. The Hall–Kier alpha value is -0.840. The van der Waals surface area contributed by atoms with Gasteiger partial charge in [-0.25, -0.2) is 0 Å². The second kappa shape index (κ2) is 5.87. The van der Waals surface area contributed by atoms with Gasteiger partial charge in [0.05, 0.1) is 7.11 Å². The fourth-order valence-electron chi connectivity index (χ4n) is 1.90. The SMILES string of the molecule is COc1cccc(CC(N)c2sc(C)cc2Br)c1. The van der Waals surface area contributed by atoms with Gasteiger partial charge in [0.15, 0.2) is 0 Å². The van der Waals surface area contributed by atoms with Crippen LogP contribution in [0.5, 0.6) is 5.75 Å². The molecule has 2 nitrogen and oxygen atoms in total. The van der Waals surface area contributed by atoms with Gasteiger partial charge in [-0.05, 0) is 53.0 Å². The van der Waals surface area contributed by atoms with Crippen LogP contribution in [-0.2, 0) is 6.42 Å². The van der Waals surface area contributed by atoms with Gasteiger partial charge in [0, 0.05) is 20.3 Å². The Bertz CT molecular complexity index is 538. The molecule has 0 fully saturated rings. The Labute approximate surface area is 120 Å². The summed E-state index contributed by atoms with van der Waals surface area (Å²) in [4.78, 5) is 2.48. The van der Waals surface area contributed by atoms with Crippen molar-refractivity contribution < 1.29 is 4.74 Å². The van der Waals surface area contributed by atoms with E-state index in [1.54, 1.807) is 18.4 Å². The van der Waals surface area contributed by atoms with Gasteiger partial charge in [0.25, 0.3) is 0 Å². The Morgan fingerprint density at radius 3 is 2.78 bits per heavy atom. The molecule has 0 aliphatic heterocycles. The molecular formula is C14H16BrNOS. The van der Waals surface area contributed by atoms with E-state index in [9.17, 15) is 0 Å². The molecule has 0 aliphatic carbocycles. The zero-order valence-corrected chi connectivity index (χ0v) is 12.8. The fraction of sp³-hybridized carbons (Fsp3) is 0.286. The topological polar surface area (TPSA) is 35.2 Å². The third kappa shape index (κ3) is 3.13. The van der Waals surface area contributed by atoms with E-state index in [0.29, 0.717) is 0 Å². The van der Waals surface area contributed by atoms with E-state index in [2.05, 4.69) is 35.0 Å². The van der Waals surface area contributed by atoms with Gasteiger partial charge in [-0.3, -0.25) is 0 Å². The molecule has 0 spiro atoms. The van der Waals surface area contributed by atoms with Crippen LogP contribution < -0.4 is 10.5 Å². The molecule has 1 heterocycles. The molecule has 2 N–H and O–H groups in total. The number of hydrogen-bond donors (Lipinski definition) is 1. The average Bonchev–Trinajstić information content (AvgIpc) is 2.69. The lowest BCUT2D eigenvalue weighted by atomic mass is 10.1. The molecular weight excluding hydrogens is 310 g/mol. The van der Waals surface area contributed by atoms with Crippen molar-refractivity contribution in [3.8, 4) is 5.75 Å². The Morgan fingerprint density at radius 1 is 1.39 bits per heavy atom. The van der Waals surface area contributed by atoms with Crippen LogP contribution in [0.2, 0.25) is 0 Å². The lowest BCUT2D eigenvalue weighted by Gasteiger charge is -2.11. The molecule has 1 unspecified atom stereocenters. The number of benzene rings is 1. The van der Waals surface area contributed by atoms with E-state index in [4.69, 9.17) is 10.5 Å². The summed E-state index contributed by atoms with van der Waals surface area (Å²) in [6, 6.07) is 10.2. The molecule has 0 radical (unpaired) electrons. The highest BCUT2D eigenvalue weighted by Gasteiger charge is 2.14. The summed E-state index contributed by atoms with van der Waals surface area (Å²) in [5, 5.41) is 0. The molecule has 1 atom stereocenters. The first kappa shape index (κ1) is 13.6. The summed E-state index contributed by atoms with van der Waals surface area (Å²) >= 11 is 5.31. The van der Waals surface area contributed by atoms with E-state index >= 15 is 0 Å². The molecule has 2 aromatic rings. The van der Waals surface area contributed by atoms with Gasteiger partial charge < -0.3 is 10.5 Å². The quantitative estimate of drug-likeness (QED) is 0.919. The van der Waals surface area contributed by atoms with Gasteiger partial charge in [-0.2, -0.15) is 0 Å². The number of halogens is 1. The molecule has 1 aromatic heterocycles. The van der Waals surface area contributed by atoms with Crippen LogP contribution in [0.4, 0.5) is 0 Å². The molecule has 2 rings (SSSR count). The summed E-state index contributed by atoms with van der Waals surface area (Å²) in [5.74, 6) is 0.876. The number of ether oxygens (including phenoxy) is 1. The third-order valence-electron chi connectivity index (χ3n) is 2.76. The van der Waals surface area contributed by atoms with Crippen LogP contribution in [0.3, 0.4) is 0 Å². The number of hydrogen-bond acceptors (Lipinski definition) is 3. The van der Waals surface area contributed by atoms with Crippen LogP contribution in [0, 0.1) is 6.92 Å². The lowest BCUT2D eigenvalue weighted by Crippen LogP contribution is -2.12. The minimum atomic E-state index is 0.0187. The first-order valence-electron chi connectivity index (χ1n) is 5.74. The van der Waals surface area contributed by atoms with Crippen molar-refractivity contribution in [1.29, 1.82) is 0 Å². The molecule has 0 bridgehead atoms. The highest BCUT2D eigenvalue weighted by Crippen LogP contribution is 2.32. The maximum Gasteiger partial charge on any atom is 0.119 e. The zero-order chi connectivity index (χ0) is 13.1. The van der Waals surface area contributed by atoms with Crippen LogP contribution in [0.15, 0.2) is 34.8 Å².